The van der Waals surface area contributed by atoms with Gasteiger partial charge in [0.2, 0.25) is 0 Å². The van der Waals surface area contributed by atoms with Crippen LogP contribution in [0.3, 0.4) is 0 Å². The molecule has 4 nitrogen and oxygen atoms in total. The molecular weight excluding hydrogens is 232 g/mol. The smallest absolute Gasteiger partial charge is 0.175 e. The van der Waals surface area contributed by atoms with Crippen LogP contribution < -0.4 is 5.73 Å². The first kappa shape index (κ1) is 8.52. The largest absolute Gasteiger partial charge is 0.367 e. The molecule has 0 unspecified atom stereocenters. The SMILES string of the molecule is NCc1[nH]c(Br)nc1-c1cc[nH]c1. The molecule has 2 rings (SSSR count). The Hall–Kier alpha value is -1.07. The molecule has 0 atom stereocenters. The molecule has 4 N–H and O–H groups in total. The fourth-order valence-corrected chi connectivity index (χ4v) is 1.65. The Bertz CT molecular complexity index is 390. The maximum atomic E-state index is 5.57. The van der Waals surface area contributed by atoms with Crippen molar-refractivity contribution in [2.75, 3.05) is 0 Å². The summed E-state index contributed by atoms with van der Waals surface area (Å²) >= 11 is 3.28. The number of H-pyrrole nitrogens is 2. The summed E-state index contributed by atoms with van der Waals surface area (Å²) in [6.45, 7) is 0.457. The predicted molar refractivity (Wildman–Crippen MR) is 54.0 cm³/mol. The van der Waals surface area contributed by atoms with E-state index in [1.165, 1.54) is 0 Å². The van der Waals surface area contributed by atoms with Gasteiger partial charge in [-0.15, -0.1) is 0 Å². The van der Waals surface area contributed by atoms with Gasteiger partial charge in [-0.2, -0.15) is 0 Å². The number of rotatable bonds is 2. The Morgan fingerprint density at radius 3 is 3.00 bits per heavy atom. The van der Waals surface area contributed by atoms with Crippen molar-refractivity contribution in [1.29, 1.82) is 0 Å². The molecule has 0 spiro atoms. The first-order valence-corrected chi connectivity index (χ1v) is 4.68. The topological polar surface area (TPSA) is 70.5 Å². The van der Waals surface area contributed by atoms with E-state index in [0.717, 1.165) is 17.0 Å². The molecule has 13 heavy (non-hydrogen) atoms. The van der Waals surface area contributed by atoms with Crippen LogP contribution in [-0.2, 0) is 6.54 Å². The maximum Gasteiger partial charge on any atom is 0.175 e. The maximum absolute atomic E-state index is 5.57. The van der Waals surface area contributed by atoms with E-state index in [1.54, 1.807) is 0 Å². The molecule has 0 fully saturated rings. The molecule has 2 heterocycles. The highest BCUT2D eigenvalue weighted by molar-refractivity contribution is 9.10. The van der Waals surface area contributed by atoms with Crippen LogP contribution in [0.4, 0.5) is 0 Å². The summed E-state index contributed by atoms with van der Waals surface area (Å²) in [4.78, 5) is 10.3. The van der Waals surface area contributed by atoms with Crippen LogP contribution in [0.15, 0.2) is 23.2 Å². The zero-order chi connectivity index (χ0) is 9.26. The van der Waals surface area contributed by atoms with Crippen LogP contribution >= 0.6 is 15.9 Å². The molecule has 0 bridgehead atoms. The number of nitrogens with zero attached hydrogens (tertiary/aromatic N) is 1. The first-order chi connectivity index (χ1) is 6.31. The van der Waals surface area contributed by atoms with Gasteiger partial charge in [0.15, 0.2) is 4.73 Å². The van der Waals surface area contributed by atoms with Crippen molar-refractivity contribution in [2.45, 2.75) is 6.54 Å². The molecular formula is C8H9BrN4. The molecule has 0 aliphatic heterocycles. The second-order valence-corrected chi connectivity index (χ2v) is 3.41. The lowest BCUT2D eigenvalue weighted by atomic mass is 10.2. The quantitative estimate of drug-likeness (QED) is 0.747. The summed E-state index contributed by atoms with van der Waals surface area (Å²) in [5.41, 5.74) is 8.45. The van der Waals surface area contributed by atoms with Crippen LogP contribution in [0.5, 0.6) is 0 Å². The Morgan fingerprint density at radius 1 is 1.54 bits per heavy atom. The highest BCUT2D eigenvalue weighted by Crippen LogP contribution is 2.22. The number of nitrogens with two attached hydrogens (primary N) is 1. The van der Waals surface area contributed by atoms with Crippen molar-refractivity contribution in [2.24, 2.45) is 5.73 Å². The molecule has 0 saturated heterocycles. The van der Waals surface area contributed by atoms with E-state index in [4.69, 9.17) is 5.73 Å². The van der Waals surface area contributed by atoms with Gasteiger partial charge in [0.05, 0.1) is 11.4 Å². The minimum atomic E-state index is 0.457. The van der Waals surface area contributed by atoms with E-state index in [2.05, 4.69) is 30.9 Å². The lowest BCUT2D eigenvalue weighted by Gasteiger charge is -1.94. The highest BCUT2D eigenvalue weighted by Gasteiger charge is 2.09. The monoisotopic (exact) mass is 240 g/mol. The minimum absolute atomic E-state index is 0.457. The summed E-state index contributed by atoms with van der Waals surface area (Å²) in [5, 5.41) is 0. The molecule has 0 aliphatic rings. The average molecular weight is 241 g/mol. The molecule has 0 saturated carbocycles. The summed E-state index contributed by atoms with van der Waals surface area (Å²) in [6, 6.07) is 1.96. The van der Waals surface area contributed by atoms with Crippen LogP contribution in [-0.4, -0.2) is 15.0 Å². The molecule has 68 valence electrons. The van der Waals surface area contributed by atoms with E-state index < -0.39 is 0 Å². The van der Waals surface area contributed by atoms with E-state index in [9.17, 15) is 0 Å². The third-order valence-electron chi connectivity index (χ3n) is 1.83. The molecule has 5 heteroatoms. The zero-order valence-electron chi connectivity index (χ0n) is 6.84. The molecule has 2 aromatic heterocycles. The second kappa shape index (κ2) is 3.35. The van der Waals surface area contributed by atoms with Gasteiger partial charge in [-0.3, -0.25) is 0 Å². The fraction of sp³-hybridized carbons (Fsp3) is 0.125. The minimum Gasteiger partial charge on any atom is -0.367 e. The highest BCUT2D eigenvalue weighted by atomic mass is 79.9. The van der Waals surface area contributed by atoms with Crippen LogP contribution in [0.1, 0.15) is 5.69 Å². The van der Waals surface area contributed by atoms with Gasteiger partial charge in [-0.1, -0.05) is 0 Å². The molecule has 0 amide bonds. The van der Waals surface area contributed by atoms with Crippen molar-refractivity contribution in [1.82, 2.24) is 15.0 Å². The van der Waals surface area contributed by atoms with Gasteiger partial charge in [0, 0.05) is 24.5 Å². The lowest BCUT2D eigenvalue weighted by molar-refractivity contribution is 1.01. The number of aromatic amines is 2. The van der Waals surface area contributed by atoms with Crippen LogP contribution in [0.2, 0.25) is 0 Å². The molecule has 0 radical (unpaired) electrons. The molecule has 2 aromatic rings. The van der Waals surface area contributed by atoms with Gasteiger partial charge in [-0.25, -0.2) is 4.98 Å². The van der Waals surface area contributed by atoms with Gasteiger partial charge in [0.1, 0.15) is 0 Å². The third kappa shape index (κ3) is 1.52. The fourth-order valence-electron chi connectivity index (χ4n) is 1.23. The van der Waals surface area contributed by atoms with E-state index in [-0.39, 0.29) is 0 Å². The normalized spacial score (nSPS) is 10.6. The number of aromatic nitrogens is 3. The summed E-state index contributed by atoms with van der Waals surface area (Å²) in [6.07, 6.45) is 3.75. The Balaban J connectivity index is 2.50. The van der Waals surface area contributed by atoms with Crippen molar-refractivity contribution in [3.8, 4) is 11.3 Å². The number of imidazole rings is 1. The number of nitrogens with one attached hydrogen (secondary N) is 2. The van der Waals surface area contributed by atoms with Gasteiger partial charge in [-0.05, 0) is 22.0 Å². The number of halogens is 1. The van der Waals surface area contributed by atoms with Crippen LogP contribution in [0, 0.1) is 0 Å². The van der Waals surface area contributed by atoms with Crippen molar-refractivity contribution >= 4 is 15.9 Å². The van der Waals surface area contributed by atoms with Crippen LogP contribution in [0.25, 0.3) is 11.3 Å². The van der Waals surface area contributed by atoms with Crippen molar-refractivity contribution in [3.63, 3.8) is 0 Å². The van der Waals surface area contributed by atoms with Gasteiger partial charge >= 0.3 is 0 Å². The summed E-state index contributed by atoms with van der Waals surface area (Å²) in [5.74, 6) is 0. The Morgan fingerprint density at radius 2 is 2.38 bits per heavy atom. The molecule has 0 aromatic carbocycles. The standard InChI is InChI=1S/C8H9BrN4/c9-8-12-6(3-10)7(13-8)5-1-2-11-4-5/h1-2,4,11H,3,10H2,(H,12,13). The Labute approximate surface area is 83.7 Å². The molecule has 0 aliphatic carbocycles. The van der Waals surface area contributed by atoms with Gasteiger partial charge in [0.25, 0.3) is 0 Å². The third-order valence-corrected chi connectivity index (χ3v) is 2.20. The van der Waals surface area contributed by atoms with Crippen molar-refractivity contribution < 1.29 is 0 Å². The van der Waals surface area contributed by atoms with E-state index >= 15 is 0 Å². The predicted octanol–water partition coefficient (Wildman–Crippen LogP) is 1.63. The van der Waals surface area contributed by atoms with Crippen molar-refractivity contribution in [3.05, 3.63) is 28.9 Å². The lowest BCUT2D eigenvalue weighted by Crippen LogP contribution is -1.98. The first-order valence-electron chi connectivity index (χ1n) is 3.89. The summed E-state index contributed by atoms with van der Waals surface area (Å²) in [7, 11) is 0. The van der Waals surface area contributed by atoms with Gasteiger partial charge < -0.3 is 15.7 Å². The number of hydrogen-bond acceptors (Lipinski definition) is 2. The van der Waals surface area contributed by atoms with E-state index in [1.807, 2.05) is 18.5 Å². The number of hydrogen-bond donors (Lipinski definition) is 3. The average Bonchev–Trinajstić information content (AvgIpc) is 2.71. The Kier molecular flexibility index (Phi) is 2.20. The second-order valence-electron chi connectivity index (χ2n) is 2.66. The zero-order valence-corrected chi connectivity index (χ0v) is 8.43. The van der Waals surface area contributed by atoms with E-state index in [0.29, 0.717) is 11.3 Å². The summed E-state index contributed by atoms with van der Waals surface area (Å²) < 4.78 is 0.712.